The van der Waals surface area contributed by atoms with Gasteiger partial charge in [-0.2, -0.15) is 0 Å². The highest BCUT2D eigenvalue weighted by molar-refractivity contribution is 5.81. The van der Waals surface area contributed by atoms with Crippen molar-refractivity contribution in [1.82, 2.24) is 10.2 Å². The Kier molecular flexibility index (Phi) is 7.00. The van der Waals surface area contributed by atoms with Gasteiger partial charge in [0.05, 0.1) is 6.61 Å². The molecule has 2 rings (SSSR count). The first-order chi connectivity index (χ1) is 12.0. The van der Waals surface area contributed by atoms with Gasteiger partial charge < -0.3 is 15.0 Å². The molecule has 1 aliphatic rings. The minimum atomic E-state index is -0.388. The molecule has 25 heavy (non-hydrogen) atoms. The summed E-state index contributed by atoms with van der Waals surface area (Å²) >= 11 is 0. The second-order valence-corrected chi connectivity index (χ2v) is 7.07. The quantitative estimate of drug-likeness (QED) is 0.770. The molecule has 0 radical (unpaired) electrons. The zero-order chi connectivity index (χ0) is 18.3. The topological polar surface area (TPSA) is 58.6 Å². The van der Waals surface area contributed by atoms with Crippen LogP contribution in [0, 0.1) is 5.92 Å². The van der Waals surface area contributed by atoms with Gasteiger partial charge in [-0.1, -0.05) is 44.2 Å². The lowest BCUT2D eigenvalue weighted by Crippen LogP contribution is -2.48. The molecule has 1 amide bonds. The Morgan fingerprint density at radius 2 is 2.04 bits per heavy atom. The molecule has 1 fully saturated rings. The van der Waals surface area contributed by atoms with Crippen LogP contribution in [0.15, 0.2) is 30.3 Å². The van der Waals surface area contributed by atoms with E-state index < -0.39 is 0 Å². The van der Waals surface area contributed by atoms with Crippen molar-refractivity contribution in [3.05, 3.63) is 35.9 Å². The van der Waals surface area contributed by atoms with Gasteiger partial charge in [0.25, 0.3) is 0 Å². The van der Waals surface area contributed by atoms with Gasteiger partial charge in [0, 0.05) is 19.5 Å². The average molecular weight is 346 g/mol. The predicted molar refractivity (Wildman–Crippen MR) is 98.3 cm³/mol. The molecule has 1 aromatic rings. The van der Waals surface area contributed by atoms with Gasteiger partial charge in [0.2, 0.25) is 5.91 Å². The van der Waals surface area contributed by atoms with Crippen LogP contribution in [0.5, 0.6) is 0 Å². The highest BCUT2D eigenvalue weighted by Gasteiger charge is 2.37. The van der Waals surface area contributed by atoms with Crippen LogP contribution >= 0.6 is 0 Å². The van der Waals surface area contributed by atoms with Crippen molar-refractivity contribution in [2.45, 2.75) is 39.0 Å². The van der Waals surface area contributed by atoms with Gasteiger partial charge in [0.1, 0.15) is 6.54 Å². The molecule has 1 aliphatic heterocycles. The van der Waals surface area contributed by atoms with E-state index >= 15 is 0 Å². The average Bonchev–Trinajstić information content (AvgIpc) is 2.62. The number of carbonyl (C=O) groups excluding carboxylic acids is 2. The van der Waals surface area contributed by atoms with Gasteiger partial charge in [0.15, 0.2) is 0 Å². The van der Waals surface area contributed by atoms with E-state index in [0.717, 1.165) is 26.1 Å². The van der Waals surface area contributed by atoms with Crippen LogP contribution in [-0.4, -0.2) is 49.6 Å². The molecule has 1 N–H and O–H groups in total. The summed E-state index contributed by atoms with van der Waals surface area (Å²) in [5.74, 6) is 0.0319. The number of rotatable bonds is 7. The molecule has 0 spiro atoms. The van der Waals surface area contributed by atoms with Crippen molar-refractivity contribution in [3.63, 3.8) is 0 Å². The van der Waals surface area contributed by atoms with E-state index in [9.17, 15) is 9.59 Å². The summed E-state index contributed by atoms with van der Waals surface area (Å²) in [6, 6.07) is 10.7. The first-order valence-corrected chi connectivity index (χ1v) is 9.16. The number of esters is 1. The molecular weight excluding hydrogens is 316 g/mol. The van der Waals surface area contributed by atoms with Crippen LogP contribution in [0.3, 0.4) is 0 Å². The van der Waals surface area contributed by atoms with Crippen LogP contribution in [0.25, 0.3) is 0 Å². The van der Waals surface area contributed by atoms with E-state index in [1.54, 1.807) is 6.92 Å². The van der Waals surface area contributed by atoms with Crippen LogP contribution in [0.4, 0.5) is 0 Å². The number of benzene rings is 1. The normalized spacial score (nSPS) is 23.9. The molecule has 138 valence electrons. The maximum atomic E-state index is 11.9. The molecule has 0 aliphatic carbocycles. The summed E-state index contributed by atoms with van der Waals surface area (Å²) in [5.41, 5.74) is 1.58. The fourth-order valence-electron chi connectivity index (χ4n) is 3.50. The lowest BCUT2D eigenvalue weighted by molar-refractivity contribution is -0.143. The lowest BCUT2D eigenvalue weighted by Gasteiger charge is -2.45. The zero-order valence-corrected chi connectivity index (χ0v) is 15.6. The molecule has 1 aromatic carbocycles. The molecule has 0 saturated carbocycles. The van der Waals surface area contributed by atoms with E-state index in [0.29, 0.717) is 18.9 Å². The summed E-state index contributed by atoms with van der Waals surface area (Å²) in [6.45, 7) is 9.37. The number of carbonyl (C=O) groups is 2. The van der Waals surface area contributed by atoms with E-state index in [4.69, 9.17) is 4.74 Å². The van der Waals surface area contributed by atoms with Crippen molar-refractivity contribution in [2.75, 3.05) is 32.8 Å². The lowest BCUT2D eigenvalue weighted by atomic mass is 9.68. The Hall–Kier alpha value is -1.88. The summed E-state index contributed by atoms with van der Waals surface area (Å²) < 4.78 is 4.80. The number of amides is 1. The third-order valence-electron chi connectivity index (χ3n) is 5.39. The first-order valence-electron chi connectivity index (χ1n) is 9.16. The van der Waals surface area contributed by atoms with Crippen LogP contribution in [-0.2, 0) is 19.7 Å². The highest BCUT2D eigenvalue weighted by atomic mass is 16.5. The Labute approximate surface area is 150 Å². The molecule has 0 bridgehead atoms. The minimum absolute atomic E-state index is 0.0465. The van der Waals surface area contributed by atoms with Gasteiger partial charge >= 0.3 is 5.97 Å². The number of ether oxygens (including phenoxy) is 1. The highest BCUT2D eigenvalue weighted by Crippen LogP contribution is 2.39. The number of likely N-dealkylation sites (tertiary alicyclic amines) is 1. The number of piperidine rings is 1. The maximum absolute atomic E-state index is 11.9. The van der Waals surface area contributed by atoms with Gasteiger partial charge in [-0.25, -0.2) is 0 Å². The van der Waals surface area contributed by atoms with Crippen LogP contribution in [0.2, 0.25) is 0 Å². The van der Waals surface area contributed by atoms with Gasteiger partial charge in [-0.3, -0.25) is 9.59 Å². The molecule has 2 atom stereocenters. The largest absolute Gasteiger partial charge is 0.465 e. The van der Waals surface area contributed by atoms with Crippen molar-refractivity contribution >= 4 is 11.9 Å². The van der Waals surface area contributed by atoms with Gasteiger partial charge in [-0.05, 0) is 36.8 Å². The predicted octanol–water partition coefficient (Wildman–Crippen LogP) is 2.36. The monoisotopic (exact) mass is 346 g/mol. The summed E-state index contributed by atoms with van der Waals surface area (Å²) in [7, 11) is 0. The first kappa shape index (κ1) is 19.4. The minimum Gasteiger partial charge on any atom is -0.465 e. The van der Waals surface area contributed by atoms with E-state index in [1.165, 1.54) is 5.56 Å². The second-order valence-electron chi connectivity index (χ2n) is 7.07. The summed E-state index contributed by atoms with van der Waals surface area (Å²) in [6.07, 6.45) is 1.50. The van der Waals surface area contributed by atoms with Crippen molar-refractivity contribution < 1.29 is 14.3 Å². The SMILES string of the molecule is CCOC(=O)CNC(=O)CCN1CC[C@@](C)(c2ccccc2)C(C)C1. The molecular formula is C20H30N2O3. The Balaban J connectivity index is 1.77. The number of hydrogen-bond acceptors (Lipinski definition) is 4. The van der Waals surface area contributed by atoms with E-state index in [1.807, 2.05) is 0 Å². The number of nitrogens with zero attached hydrogens (tertiary/aromatic N) is 1. The van der Waals surface area contributed by atoms with Crippen LogP contribution < -0.4 is 5.32 Å². The second kappa shape index (κ2) is 8.99. The summed E-state index contributed by atoms with van der Waals surface area (Å²) in [4.78, 5) is 25.5. The smallest absolute Gasteiger partial charge is 0.325 e. The summed E-state index contributed by atoms with van der Waals surface area (Å²) in [5, 5.41) is 2.62. The fourth-order valence-corrected chi connectivity index (χ4v) is 3.50. The third-order valence-corrected chi connectivity index (χ3v) is 5.39. The standard InChI is InChI=1S/C20H30N2O3/c1-4-25-19(24)14-21-18(23)10-12-22-13-11-20(3,16(2)15-22)17-8-6-5-7-9-17/h5-9,16H,4,10-15H2,1-3H3,(H,21,23)/t16?,20-/m1/s1. The molecule has 1 unspecified atom stereocenters. The fraction of sp³-hybridized carbons (Fsp3) is 0.600. The molecule has 5 heteroatoms. The Morgan fingerprint density at radius 1 is 1.32 bits per heavy atom. The molecule has 1 saturated heterocycles. The van der Waals surface area contributed by atoms with Crippen molar-refractivity contribution in [1.29, 1.82) is 0 Å². The Bertz CT molecular complexity index is 576. The number of hydrogen-bond donors (Lipinski definition) is 1. The van der Waals surface area contributed by atoms with Gasteiger partial charge in [-0.15, -0.1) is 0 Å². The molecule has 1 heterocycles. The van der Waals surface area contributed by atoms with E-state index in [2.05, 4.69) is 54.4 Å². The van der Waals surface area contributed by atoms with Crippen molar-refractivity contribution in [2.24, 2.45) is 5.92 Å². The Morgan fingerprint density at radius 3 is 2.68 bits per heavy atom. The third kappa shape index (κ3) is 5.30. The van der Waals surface area contributed by atoms with E-state index in [-0.39, 0.29) is 23.8 Å². The van der Waals surface area contributed by atoms with Crippen molar-refractivity contribution in [3.8, 4) is 0 Å². The maximum Gasteiger partial charge on any atom is 0.325 e. The molecule has 5 nitrogen and oxygen atoms in total. The number of nitrogens with one attached hydrogen (secondary N) is 1. The zero-order valence-electron chi connectivity index (χ0n) is 15.6. The molecule has 0 aromatic heterocycles. The van der Waals surface area contributed by atoms with Crippen LogP contribution in [0.1, 0.15) is 39.2 Å².